The minimum Gasteiger partial charge on any atom is -0.383 e. The van der Waals surface area contributed by atoms with Crippen molar-refractivity contribution in [3.63, 3.8) is 0 Å². The molecule has 0 saturated heterocycles. The molecular weight excluding hydrogens is 260 g/mol. The quantitative estimate of drug-likeness (QED) is 0.788. The Kier molecular flexibility index (Phi) is 4.94. The van der Waals surface area contributed by atoms with E-state index in [-0.39, 0.29) is 0 Å². The fourth-order valence-corrected chi connectivity index (χ4v) is 3.47. The van der Waals surface area contributed by atoms with Crippen LogP contribution in [0.3, 0.4) is 0 Å². The van der Waals surface area contributed by atoms with E-state index in [0.29, 0.717) is 0 Å². The molecule has 1 aliphatic carbocycles. The monoisotopic (exact) mass is 286 g/mol. The van der Waals surface area contributed by atoms with Crippen molar-refractivity contribution >= 4 is 10.9 Å². The molecule has 1 aromatic heterocycles. The average molecular weight is 286 g/mol. The highest BCUT2D eigenvalue weighted by atomic mass is 16.5. The number of hydrogen-bond donors (Lipinski definition) is 1. The summed E-state index contributed by atoms with van der Waals surface area (Å²) in [5, 5.41) is 4.83. The fraction of sp³-hybridized carbons (Fsp3) is 0.556. The zero-order valence-corrected chi connectivity index (χ0v) is 13.0. The van der Waals surface area contributed by atoms with E-state index in [4.69, 9.17) is 4.74 Å². The summed E-state index contributed by atoms with van der Waals surface area (Å²) in [7, 11) is 1.74. The number of ether oxygens (including phenoxy) is 1. The van der Waals surface area contributed by atoms with Crippen LogP contribution in [0.4, 0.5) is 0 Å². The van der Waals surface area contributed by atoms with E-state index < -0.39 is 0 Å². The van der Waals surface area contributed by atoms with Crippen molar-refractivity contribution in [2.24, 2.45) is 5.92 Å². The van der Waals surface area contributed by atoms with Gasteiger partial charge in [0.25, 0.3) is 0 Å². The van der Waals surface area contributed by atoms with Gasteiger partial charge in [-0.25, -0.2) is 0 Å². The molecule has 0 bridgehead atoms. The highest BCUT2D eigenvalue weighted by molar-refractivity contribution is 5.83. The Morgan fingerprint density at radius 1 is 1.24 bits per heavy atom. The first-order valence-electron chi connectivity index (χ1n) is 8.15. The number of rotatable bonds is 7. The Labute approximate surface area is 127 Å². The molecule has 1 aliphatic rings. The zero-order valence-electron chi connectivity index (χ0n) is 13.0. The van der Waals surface area contributed by atoms with E-state index >= 15 is 0 Å². The van der Waals surface area contributed by atoms with Crippen LogP contribution in [0.15, 0.2) is 30.5 Å². The Balaban J connectivity index is 1.72. The summed E-state index contributed by atoms with van der Waals surface area (Å²) in [5.74, 6) is 0.879. The molecule has 0 unspecified atom stereocenters. The summed E-state index contributed by atoms with van der Waals surface area (Å²) < 4.78 is 7.53. The second-order valence-electron chi connectivity index (χ2n) is 6.14. The molecule has 114 valence electrons. The minimum atomic E-state index is 0.763. The van der Waals surface area contributed by atoms with Crippen LogP contribution in [0.25, 0.3) is 10.9 Å². The maximum absolute atomic E-state index is 5.08. The fourth-order valence-electron chi connectivity index (χ4n) is 3.47. The number of fused-ring (bicyclic) bond motifs is 1. The standard InChI is InChI=1S/C18H26N2O/c1-21-12-10-19-13-16-7-4-8-18-17(16)9-11-20(18)14-15-5-2-3-6-15/h4,7-9,11,15,19H,2-3,5-6,10,12-14H2,1H3. The summed E-state index contributed by atoms with van der Waals surface area (Å²) in [6, 6.07) is 8.93. The molecule has 21 heavy (non-hydrogen) atoms. The summed E-state index contributed by atoms with van der Waals surface area (Å²) in [4.78, 5) is 0. The van der Waals surface area contributed by atoms with Gasteiger partial charge in [0.1, 0.15) is 0 Å². The summed E-state index contributed by atoms with van der Waals surface area (Å²) in [6.45, 7) is 3.76. The van der Waals surface area contributed by atoms with Crippen molar-refractivity contribution < 1.29 is 4.74 Å². The van der Waals surface area contributed by atoms with Gasteiger partial charge in [0, 0.05) is 43.8 Å². The van der Waals surface area contributed by atoms with E-state index in [1.807, 2.05) is 0 Å². The normalized spacial score (nSPS) is 16.0. The first-order chi connectivity index (χ1) is 10.4. The Bertz CT molecular complexity index is 570. The lowest BCUT2D eigenvalue weighted by Gasteiger charge is -2.12. The minimum absolute atomic E-state index is 0.763. The predicted octanol–water partition coefficient (Wildman–Crippen LogP) is 3.57. The van der Waals surface area contributed by atoms with Crippen molar-refractivity contribution in [2.75, 3.05) is 20.3 Å². The number of nitrogens with zero attached hydrogens (tertiary/aromatic N) is 1. The third-order valence-electron chi connectivity index (χ3n) is 4.63. The van der Waals surface area contributed by atoms with Gasteiger partial charge >= 0.3 is 0 Å². The number of hydrogen-bond acceptors (Lipinski definition) is 2. The van der Waals surface area contributed by atoms with E-state index in [1.165, 1.54) is 48.7 Å². The second kappa shape index (κ2) is 7.10. The van der Waals surface area contributed by atoms with Gasteiger partial charge in [-0.2, -0.15) is 0 Å². The van der Waals surface area contributed by atoms with Gasteiger partial charge < -0.3 is 14.6 Å². The molecule has 3 heteroatoms. The van der Waals surface area contributed by atoms with Crippen LogP contribution in [0, 0.1) is 5.92 Å². The molecule has 3 nitrogen and oxygen atoms in total. The van der Waals surface area contributed by atoms with Crippen LogP contribution in [-0.4, -0.2) is 24.8 Å². The topological polar surface area (TPSA) is 26.2 Å². The van der Waals surface area contributed by atoms with Gasteiger partial charge in [-0.05, 0) is 36.5 Å². The van der Waals surface area contributed by atoms with Crippen LogP contribution in [-0.2, 0) is 17.8 Å². The molecule has 1 N–H and O–H groups in total. The van der Waals surface area contributed by atoms with Crippen molar-refractivity contribution in [3.8, 4) is 0 Å². The average Bonchev–Trinajstić information content (AvgIpc) is 3.15. The molecule has 0 atom stereocenters. The highest BCUT2D eigenvalue weighted by Crippen LogP contribution is 2.28. The third kappa shape index (κ3) is 3.47. The maximum atomic E-state index is 5.08. The molecule has 2 aromatic rings. The third-order valence-corrected chi connectivity index (χ3v) is 4.63. The van der Waals surface area contributed by atoms with Gasteiger partial charge in [-0.15, -0.1) is 0 Å². The van der Waals surface area contributed by atoms with E-state index in [2.05, 4.69) is 40.3 Å². The Morgan fingerprint density at radius 2 is 2.10 bits per heavy atom. The molecular formula is C18H26N2O. The second-order valence-corrected chi connectivity index (χ2v) is 6.14. The van der Waals surface area contributed by atoms with Crippen molar-refractivity contribution in [3.05, 3.63) is 36.0 Å². The largest absolute Gasteiger partial charge is 0.383 e. The summed E-state index contributed by atoms with van der Waals surface area (Å²) >= 11 is 0. The SMILES string of the molecule is COCCNCc1cccc2c1ccn2CC1CCCC1. The lowest BCUT2D eigenvalue weighted by molar-refractivity contribution is 0.199. The number of methoxy groups -OCH3 is 1. The number of benzene rings is 1. The van der Waals surface area contributed by atoms with Gasteiger partial charge in [0.2, 0.25) is 0 Å². The van der Waals surface area contributed by atoms with Gasteiger partial charge in [-0.1, -0.05) is 25.0 Å². The van der Waals surface area contributed by atoms with E-state index in [1.54, 1.807) is 7.11 Å². The van der Waals surface area contributed by atoms with Crippen molar-refractivity contribution in [1.82, 2.24) is 9.88 Å². The molecule has 1 aromatic carbocycles. The summed E-state index contributed by atoms with van der Waals surface area (Å²) in [5.41, 5.74) is 2.77. The molecule has 0 radical (unpaired) electrons. The Morgan fingerprint density at radius 3 is 2.90 bits per heavy atom. The molecule has 3 rings (SSSR count). The molecule has 1 heterocycles. The molecule has 1 fully saturated rings. The van der Waals surface area contributed by atoms with Gasteiger partial charge in [0.15, 0.2) is 0 Å². The first kappa shape index (κ1) is 14.6. The number of aromatic nitrogens is 1. The lowest BCUT2D eigenvalue weighted by atomic mass is 10.1. The van der Waals surface area contributed by atoms with Gasteiger partial charge in [-0.3, -0.25) is 0 Å². The zero-order chi connectivity index (χ0) is 14.5. The smallest absolute Gasteiger partial charge is 0.0587 e. The lowest BCUT2D eigenvalue weighted by Crippen LogP contribution is -2.18. The first-order valence-corrected chi connectivity index (χ1v) is 8.15. The molecule has 0 amide bonds. The van der Waals surface area contributed by atoms with E-state index in [9.17, 15) is 0 Å². The van der Waals surface area contributed by atoms with Crippen LogP contribution in [0.2, 0.25) is 0 Å². The predicted molar refractivity (Wildman–Crippen MR) is 87.5 cm³/mol. The van der Waals surface area contributed by atoms with Crippen molar-refractivity contribution in [2.45, 2.75) is 38.8 Å². The maximum Gasteiger partial charge on any atom is 0.0587 e. The van der Waals surface area contributed by atoms with Crippen molar-refractivity contribution in [1.29, 1.82) is 0 Å². The molecule has 0 aliphatic heterocycles. The molecule has 1 saturated carbocycles. The summed E-state index contributed by atoms with van der Waals surface area (Å²) in [6.07, 6.45) is 7.90. The van der Waals surface area contributed by atoms with E-state index in [0.717, 1.165) is 25.6 Å². The van der Waals surface area contributed by atoms with Crippen LogP contribution in [0.5, 0.6) is 0 Å². The Hall–Kier alpha value is -1.32. The highest BCUT2D eigenvalue weighted by Gasteiger charge is 2.16. The van der Waals surface area contributed by atoms with Crippen LogP contribution in [0.1, 0.15) is 31.2 Å². The molecule has 0 spiro atoms. The van der Waals surface area contributed by atoms with Crippen LogP contribution < -0.4 is 5.32 Å². The van der Waals surface area contributed by atoms with Gasteiger partial charge in [0.05, 0.1) is 6.61 Å². The van der Waals surface area contributed by atoms with Crippen LogP contribution >= 0.6 is 0 Å². The number of nitrogens with one attached hydrogen (secondary N) is 1.